The molecule has 0 heterocycles. The minimum Gasteiger partial charge on any atom is -1.00 e. The lowest BCUT2D eigenvalue weighted by Crippen LogP contribution is -3.00. The van der Waals surface area contributed by atoms with Gasteiger partial charge in [0.25, 0.3) is 0 Å². The van der Waals surface area contributed by atoms with Crippen LogP contribution in [0.3, 0.4) is 0 Å². The normalized spacial score (nSPS) is 12.8. The van der Waals surface area contributed by atoms with Gasteiger partial charge in [-0.05, 0) is 25.0 Å². The first kappa shape index (κ1) is 30.7. The van der Waals surface area contributed by atoms with E-state index in [0.29, 0.717) is 0 Å². The van der Waals surface area contributed by atoms with E-state index in [1.54, 1.807) is 0 Å². The molecule has 1 atom stereocenters. The van der Waals surface area contributed by atoms with E-state index < -0.39 is 0 Å². The molecule has 2 aromatic rings. The van der Waals surface area contributed by atoms with E-state index in [4.69, 9.17) is 0 Å². The van der Waals surface area contributed by atoms with E-state index in [1.165, 1.54) is 121 Å². The number of unbranched alkanes of at least 4 members (excludes halogenated alkanes) is 15. The van der Waals surface area contributed by atoms with Crippen molar-refractivity contribution >= 4 is 5.69 Å². The van der Waals surface area contributed by atoms with E-state index in [-0.39, 0.29) is 12.4 Å². The van der Waals surface area contributed by atoms with Gasteiger partial charge in [-0.25, -0.2) is 0 Å². The Morgan fingerprint density at radius 3 is 1.32 bits per heavy atom. The van der Waals surface area contributed by atoms with Gasteiger partial charge in [0.1, 0.15) is 12.2 Å². The van der Waals surface area contributed by atoms with Crippen molar-refractivity contribution in [3.63, 3.8) is 0 Å². The highest BCUT2D eigenvalue weighted by atomic mass is 35.5. The fraction of sp³-hybridized carbons (Fsp3) is 0.625. The van der Waals surface area contributed by atoms with E-state index in [0.717, 1.165) is 11.0 Å². The summed E-state index contributed by atoms with van der Waals surface area (Å²) in [6.45, 7) is 4.59. The van der Waals surface area contributed by atoms with Crippen LogP contribution in [0.5, 0.6) is 0 Å². The Bertz CT molecular complexity index is 687. The molecule has 0 N–H and O–H groups in total. The fourth-order valence-corrected chi connectivity index (χ4v) is 5.08. The molecule has 0 bridgehead atoms. The van der Waals surface area contributed by atoms with Gasteiger partial charge < -0.3 is 12.4 Å². The second-order valence-electron chi connectivity index (χ2n) is 10.4. The van der Waals surface area contributed by atoms with Crippen molar-refractivity contribution in [3.05, 3.63) is 66.2 Å². The second-order valence-corrected chi connectivity index (χ2v) is 10.4. The molecule has 192 valence electrons. The lowest BCUT2D eigenvalue weighted by Gasteiger charge is -2.34. The number of quaternary nitrogens is 1. The van der Waals surface area contributed by atoms with E-state index >= 15 is 0 Å². The predicted molar refractivity (Wildman–Crippen MR) is 149 cm³/mol. The van der Waals surface area contributed by atoms with Crippen LogP contribution in [0.2, 0.25) is 0 Å². The number of hydrogen-bond acceptors (Lipinski definition) is 0. The number of benzene rings is 2. The lowest BCUT2D eigenvalue weighted by molar-refractivity contribution is -0.00000718. The van der Waals surface area contributed by atoms with Crippen molar-refractivity contribution in [1.82, 2.24) is 4.48 Å². The molecule has 0 saturated carbocycles. The zero-order chi connectivity index (χ0) is 23.5. The molecule has 0 saturated heterocycles. The standard InChI is InChI=1S/C32H52N.ClH/c1-3-4-5-6-7-8-9-10-11-12-13-14-15-16-17-24-29-33(2,32-27-22-19-23-28-32)30-31-25-20-18-21-26-31;/h18-23,25-28H,3-17,24,29-30H2,1-2H3;1H/q+1;/p-1. The molecule has 1 nitrogen and oxygen atoms in total. The zero-order valence-corrected chi connectivity index (χ0v) is 23.1. The molecular formula is C32H52ClN. The van der Waals surface area contributed by atoms with Crippen LogP contribution in [-0.4, -0.2) is 13.6 Å². The van der Waals surface area contributed by atoms with Gasteiger partial charge in [0.05, 0.1) is 13.6 Å². The molecule has 0 spiro atoms. The quantitative estimate of drug-likeness (QED) is 0.139. The molecular weight excluding hydrogens is 434 g/mol. The molecule has 2 heteroatoms. The SMILES string of the molecule is CCCCCCCCCCCCCCCCCC[N+](C)(Cc1ccccc1)c1ccccc1.[Cl-]. The third kappa shape index (κ3) is 13.5. The summed E-state index contributed by atoms with van der Waals surface area (Å²) in [6.07, 6.45) is 22.9. The summed E-state index contributed by atoms with van der Waals surface area (Å²) in [7, 11) is 2.41. The summed E-state index contributed by atoms with van der Waals surface area (Å²) in [5.74, 6) is 0. The minimum atomic E-state index is 0. The van der Waals surface area contributed by atoms with Crippen molar-refractivity contribution < 1.29 is 12.4 Å². The summed E-state index contributed by atoms with van der Waals surface area (Å²) in [4.78, 5) is 0. The smallest absolute Gasteiger partial charge is 0.132 e. The maximum absolute atomic E-state index is 2.41. The highest BCUT2D eigenvalue weighted by Crippen LogP contribution is 2.25. The zero-order valence-electron chi connectivity index (χ0n) is 22.3. The molecule has 0 aliphatic heterocycles. The van der Waals surface area contributed by atoms with Gasteiger partial charge in [-0.3, -0.25) is 4.48 Å². The van der Waals surface area contributed by atoms with Gasteiger partial charge in [0, 0.05) is 5.56 Å². The first-order valence-electron chi connectivity index (χ1n) is 14.2. The number of hydrogen-bond donors (Lipinski definition) is 0. The van der Waals surface area contributed by atoms with Crippen LogP contribution >= 0.6 is 0 Å². The van der Waals surface area contributed by atoms with Crippen LogP contribution in [0.4, 0.5) is 5.69 Å². The second kappa shape index (κ2) is 19.9. The maximum atomic E-state index is 2.41. The van der Waals surface area contributed by atoms with Gasteiger partial charge in [-0.2, -0.15) is 0 Å². The van der Waals surface area contributed by atoms with E-state index in [9.17, 15) is 0 Å². The average Bonchev–Trinajstić information content (AvgIpc) is 2.85. The number of para-hydroxylation sites is 1. The van der Waals surface area contributed by atoms with Crippen molar-refractivity contribution in [2.75, 3.05) is 13.6 Å². The Hall–Kier alpha value is -1.31. The van der Waals surface area contributed by atoms with Crippen molar-refractivity contribution in [1.29, 1.82) is 0 Å². The number of nitrogens with zero attached hydrogens (tertiary/aromatic N) is 1. The first-order valence-corrected chi connectivity index (χ1v) is 14.2. The summed E-state index contributed by atoms with van der Waals surface area (Å²) in [5.41, 5.74) is 2.86. The summed E-state index contributed by atoms with van der Waals surface area (Å²) in [6, 6.07) is 22.1. The molecule has 0 aliphatic rings. The molecule has 0 fully saturated rings. The highest BCUT2D eigenvalue weighted by molar-refractivity contribution is 5.42. The van der Waals surface area contributed by atoms with Gasteiger partial charge in [-0.1, -0.05) is 145 Å². The highest BCUT2D eigenvalue weighted by Gasteiger charge is 2.24. The van der Waals surface area contributed by atoms with Crippen LogP contribution in [0.1, 0.15) is 115 Å². The predicted octanol–water partition coefficient (Wildman–Crippen LogP) is 7.09. The summed E-state index contributed by atoms with van der Waals surface area (Å²) >= 11 is 0. The van der Waals surface area contributed by atoms with Crippen molar-refractivity contribution in [2.24, 2.45) is 0 Å². The Labute approximate surface area is 218 Å². The van der Waals surface area contributed by atoms with Crippen LogP contribution in [-0.2, 0) is 6.54 Å². The van der Waals surface area contributed by atoms with Gasteiger partial charge in [0.15, 0.2) is 0 Å². The Morgan fingerprint density at radius 1 is 0.500 bits per heavy atom. The Balaban J connectivity index is 0.00000578. The Morgan fingerprint density at radius 2 is 0.882 bits per heavy atom. The first-order chi connectivity index (χ1) is 16.2. The maximum Gasteiger partial charge on any atom is 0.132 e. The van der Waals surface area contributed by atoms with Crippen molar-refractivity contribution in [3.8, 4) is 0 Å². The van der Waals surface area contributed by atoms with Gasteiger partial charge in [-0.15, -0.1) is 0 Å². The minimum absolute atomic E-state index is 0. The van der Waals surface area contributed by atoms with Crippen LogP contribution in [0.15, 0.2) is 60.7 Å². The average molecular weight is 486 g/mol. The molecule has 2 rings (SSSR count). The third-order valence-corrected chi connectivity index (χ3v) is 7.26. The van der Waals surface area contributed by atoms with Crippen LogP contribution in [0, 0.1) is 0 Å². The van der Waals surface area contributed by atoms with Crippen molar-refractivity contribution in [2.45, 2.75) is 116 Å². The Kier molecular flexibility index (Phi) is 18.0. The number of halogens is 1. The topological polar surface area (TPSA) is 0 Å². The fourth-order valence-electron chi connectivity index (χ4n) is 5.08. The van der Waals surface area contributed by atoms with Gasteiger partial charge in [0.2, 0.25) is 0 Å². The van der Waals surface area contributed by atoms with Crippen LogP contribution in [0.25, 0.3) is 0 Å². The number of rotatable bonds is 20. The summed E-state index contributed by atoms with van der Waals surface area (Å²) in [5, 5.41) is 0. The molecule has 0 aromatic heterocycles. The largest absolute Gasteiger partial charge is 1.00 e. The lowest BCUT2D eigenvalue weighted by atomic mass is 10.0. The van der Waals surface area contributed by atoms with E-state index in [2.05, 4.69) is 74.6 Å². The van der Waals surface area contributed by atoms with E-state index in [1.807, 2.05) is 0 Å². The molecule has 0 amide bonds. The van der Waals surface area contributed by atoms with Crippen LogP contribution < -0.4 is 16.9 Å². The molecule has 1 unspecified atom stereocenters. The summed E-state index contributed by atoms with van der Waals surface area (Å²) < 4.78 is 1.00. The molecule has 0 radical (unpaired) electrons. The van der Waals surface area contributed by atoms with Gasteiger partial charge >= 0.3 is 0 Å². The molecule has 0 aliphatic carbocycles. The molecule has 34 heavy (non-hydrogen) atoms. The molecule has 2 aromatic carbocycles. The third-order valence-electron chi connectivity index (χ3n) is 7.26. The monoisotopic (exact) mass is 485 g/mol.